The van der Waals surface area contributed by atoms with Gasteiger partial charge in [-0.05, 0) is 45.6 Å². The van der Waals surface area contributed by atoms with E-state index in [1.54, 1.807) is 0 Å². The number of hydrogen-bond acceptors (Lipinski definition) is 3. The number of aryl methyl sites for hydroxylation is 1. The smallest absolute Gasteiger partial charge is 0.305 e. The Morgan fingerprint density at radius 1 is 1.14 bits per heavy atom. The van der Waals surface area contributed by atoms with Crippen LogP contribution in [-0.2, 0) is 22.5 Å². The summed E-state index contributed by atoms with van der Waals surface area (Å²) in [6.07, 6.45) is 1.09. The number of carbonyl (C=O) groups is 1. The normalized spacial score (nSPS) is 10.2. The molecular weight excluding hydrogens is 330 g/mol. The van der Waals surface area contributed by atoms with Crippen LogP contribution in [0.1, 0.15) is 17.5 Å². The molecule has 0 radical (unpaired) electrons. The van der Waals surface area contributed by atoms with E-state index < -0.39 is 0 Å². The molecule has 0 bridgehead atoms. The largest absolute Gasteiger partial charge is 0.469 e. The van der Waals surface area contributed by atoms with Gasteiger partial charge < -0.3 is 10.1 Å². The number of benzene rings is 2. The van der Waals surface area contributed by atoms with Crippen molar-refractivity contribution in [3.05, 3.63) is 64.1 Å². The highest BCUT2D eigenvalue weighted by atomic mass is 79.9. The van der Waals surface area contributed by atoms with Crippen molar-refractivity contribution in [2.45, 2.75) is 19.4 Å². The molecule has 1 N–H and O–H groups in total. The van der Waals surface area contributed by atoms with Crippen LogP contribution in [-0.4, -0.2) is 13.1 Å². The van der Waals surface area contributed by atoms with Gasteiger partial charge in [0, 0.05) is 23.1 Å². The molecule has 4 heteroatoms. The average Bonchev–Trinajstić information content (AvgIpc) is 2.52. The van der Waals surface area contributed by atoms with Gasteiger partial charge in [-0.15, -0.1) is 0 Å². The van der Waals surface area contributed by atoms with Crippen molar-refractivity contribution in [2.75, 3.05) is 12.4 Å². The van der Waals surface area contributed by atoms with Crippen molar-refractivity contribution >= 4 is 27.6 Å². The van der Waals surface area contributed by atoms with Gasteiger partial charge in [0.1, 0.15) is 0 Å². The molecule has 0 spiro atoms. The quantitative estimate of drug-likeness (QED) is 0.797. The highest BCUT2D eigenvalue weighted by Gasteiger charge is 2.05. The SMILES string of the molecule is COC(=O)CCc1ccc(NCc2ccccc2)c(Br)c1. The van der Waals surface area contributed by atoms with E-state index in [4.69, 9.17) is 0 Å². The Labute approximate surface area is 133 Å². The molecule has 2 aromatic rings. The van der Waals surface area contributed by atoms with E-state index in [1.165, 1.54) is 12.7 Å². The Bertz CT molecular complexity index is 599. The van der Waals surface area contributed by atoms with Crippen molar-refractivity contribution < 1.29 is 9.53 Å². The van der Waals surface area contributed by atoms with E-state index in [-0.39, 0.29) is 5.97 Å². The van der Waals surface area contributed by atoms with Gasteiger partial charge in [0.05, 0.1) is 7.11 Å². The van der Waals surface area contributed by atoms with Crippen LogP contribution in [0.25, 0.3) is 0 Å². The Balaban J connectivity index is 1.94. The van der Waals surface area contributed by atoms with Gasteiger partial charge >= 0.3 is 5.97 Å². The second-order valence-electron chi connectivity index (χ2n) is 4.73. The lowest BCUT2D eigenvalue weighted by Crippen LogP contribution is -2.03. The summed E-state index contributed by atoms with van der Waals surface area (Å²) in [5.74, 6) is -0.183. The standard InChI is InChI=1S/C17H18BrNO2/c1-21-17(20)10-8-13-7-9-16(15(18)11-13)19-12-14-5-3-2-4-6-14/h2-7,9,11,19H,8,10,12H2,1H3. The van der Waals surface area contributed by atoms with Crippen LogP contribution in [0, 0.1) is 0 Å². The van der Waals surface area contributed by atoms with Crippen molar-refractivity contribution in [1.82, 2.24) is 0 Å². The van der Waals surface area contributed by atoms with E-state index >= 15 is 0 Å². The monoisotopic (exact) mass is 347 g/mol. The Morgan fingerprint density at radius 2 is 1.90 bits per heavy atom. The molecule has 0 amide bonds. The number of rotatable bonds is 6. The molecule has 3 nitrogen and oxygen atoms in total. The molecule has 0 saturated heterocycles. The number of esters is 1. The summed E-state index contributed by atoms with van der Waals surface area (Å²) in [7, 11) is 1.41. The van der Waals surface area contributed by atoms with Gasteiger partial charge in [-0.1, -0.05) is 36.4 Å². The molecule has 2 rings (SSSR count). The Kier molecular flexibility index (Phi) is 5.81. The first-order chi connectivity index (χ1) is 10.2. The number of methoxy groups -OCH3 is 1. The third kappa shape index (κ3) is 4.90. The molecular formula is C17H18BrNO2. The zero-order valence-electron chi connectivity index (χ0n) is 11.9. The lowest BCUT2D eigenvalue weighted by Gasteiger charge is -2.10. The minimum absolute atomic E-state index is 0.183. The predicted octanol–water partition coefficient (Wildman–Crippen LogP) is 4.17. The first-order valence-corrected chi connectivity index (χ1v) is 7.61. The molecule has 0 atom stereocenters. The predicted molar refractivity (Wildman–Crippen MR) is 88.2 cm³/mol. The van der Waals surface area contributed by atoms with Crippen molar-refractivity contribution in [3.8, 4) is 0 Å². The van der Waals surface area contributed by atoms with Crippen LogP contribution < -0.4 is 5.32 Å². The molecule has 0 aliphatic carbocycles. The number of carbonyl (C=O) groups excluding carboxylic acids is 1. The summed E-state index contributed by atoms with van der Waals surface area (Å²) >= 11 is 3.57. The summed E-state index contributed by atoms with van der Waals surface area (Å²) < 4.78 is 5.65. The molecule has 2 aromatic carbocycles. The summed E-state index contributed by atoms with van der Waals surface area (Å²) in [6, 6.07) is 16.3. The maximum absolute atomic E-state index is 11.2. The molecule has 0 saturated carbocycles. The van der Waals surface area contributed by atoms with E-state index in [9.17, 15) is 4.79 Å². The van der Waals surface area contributed by atoms with Crippen LogP contribution in [0.3, 0.4) is 0 Å². The summed E-state index contributed by atoms with van der Waals surface area (Å²) in [5.41, 5.74) is 3.39. The zero-order valence-corrected chi connectivity index (χ0v) is 13.5. The molecule has 0 aliphatic heterocycles. The Hall–Kier alpha value is -1.81. The highest BCUT2D eigenvalue weighted by molar-refractivity contribution is 9.10. The molecule has 21 heavy (non-hydrogen) atoms. The third-order valence-electron chi connectivity index (χ3n) is 3.20. The third-order valence-corrected chi connectivity index (χ3v) is 3.86. The number of nitrogens with one attached hydrogen (secondary N) is 1. The first-order valence-electron chi connectivity index (χ1n) is 6.82. The topological polar surface area (TPSA) is 38.3 Å². The van der Waals surface area contributed by atoms with Gasteiger partial charge in [0.15, 0.2) is 0 Å². The van der Waals surface area contributed by atoms with E-state index in [0.717, 1.165) is 22.3 Å². The fourth-order valence-electron chi connectivity index (χ4n) is 2.00. The maximum Gasteiger partial charge on any atom is 0.305 e. The minimum Gasteiger partial charge on any atom is -0.469 e. The van der Waals surface area contributed by atoms with Crippen molar-refractivity contribution in [1.29, 1.82) is 0 Å². The van der Waals surface area contributed by atoms with Gasteiger partial charge in [-0.2, -0.15) is 0 Å². The molecule has 0 aromatic heterocycles. The number of halogens is 1. The van der Waals surface area contributed by atoms with Crippen LogP contribution in [0.4, 0.5) is 5.69 Å². The second kappa shape index (κ2) is 7.84. The molecule has 0 aliphatic rings. The van der Waals surface area contributed by atoms with E-state index in [0.29, 0.717) is 12.8 Å². The number of hydrogen-bond donors (Lipinski definition) is 1. The molecule has 0 heterocycles. The molecule has 0 fully saturated rings. The van der Waals surface area contributed by atoms with Gasteiger partial charge in [0.2, 0.25) is 0 Å². The van der Waals surface area contributed by atoms with Gasteiger partial charge in [-0.25, -0.2) is 0 Å². The van der Waals surface area contributed by atoms with E-state index in [1.807, 2.05) is 36.4 Å². The highest BCUT2D eigenvalue weighted by Crippen LogP contribution is 2.25. The van der Waals surface area contributed by atoms with Crippen LogP contribution in [0.5, 0.6) is 0 Å². The van der Waals surface area contributed by atoms with Crippen LogP contribution >= 0.6 is 15.9 Å². The van der Waals surface area contributed by atoms with Gasteiger partial charge in [-0.3, -0.25) is 4.79 Å². The van der Waals surface area contributed by atoms with Crippen molar-refractivity contribution in [3.63, 3.8) is 0 Å². The Morgan fingerprint density at radius 3 is 2.57 bits per heavy atom. The molecule has 0 unspecified atom stereocenters. The fraction of sp³-hybridized carbons (Fsp3) is 0.235. The fourth-order valence-corrected chi connectivity index (χ4v) is 2.57. The summed E-state index contributed by atoms with van der Waals surface area (Å²) in [4.78, 5) is 11.2. The second-order valence-corrected chi connectivity index (χ2v) is 5.58. The van der Waals surface area contributed by atoms with Gasteiger partial charge in [0.25, 0.3) is 0 Å². The summed E-state index contributed by atoms with van der Waals surface area (Å²) in [6.45, 7) is 0.779. The average molecular weight is 348 g/mol. The lowest BCUT2D eigenvalue weighted by atomic mass is 10.1. The number of anilines is 1. The van der Waals surface area contributed by atoms with Crippen molar-refractivity contribution in [2.24, 2.45) is 0 Å². The first kappa shape index (κ1) is 15.6. The summed E-state index contributed by atoms with van der Waals surface area (Å²) in [5, 5.41) is 3.39. The van der Waals surface area contributed by atoms with Crippen LogP contribution in [0.15, 0.2) is 53.0 Å². The van der Waals surface area contributed by atoms with E-state index in [2.05, 4.69) is 38.1 Å². The number of ether oxygens (including phenoxy) is 1. The maximum atomic E-state index is 11.2. The molecule has 110 valence electrons. The lowest BCUT2D eigenvalue weighted by molar-refractivity contribution is -0.140. The zero-order chi connectivity index (χ0) is 15.1. The minimum atomic E-state index is -0.183. The van der Waals surface area contributed by atoms with Crippen LogP contribution in [0.2, 0.25) is 0 Å².